The molecule has 0 saturated heterocycles. The van der Waals surface area contributed by atoms with E-state index in [2.05, 4.69) is 27.7 Å². The zero-order chi connectivity index (χ0) is 28.2. The van der Waals surface area contributed by atoms with E-state index in [1.807, 2.05) is 23.5 Å². The molecule has 4 heterocycles. The number of fused-ring (bicyclic) bond motifs is 2. The van der Waals surface area contributed by atoms with Crippen molar-refractivity contribution in [3.63, 3.8) is 0 Å². The van der Waals surface area contributed by atoms with Crippen molar-refractivity contribution in [2.24, 2.45) is 10.8 Å². The third-order valence-electron chi connectivity index (χ3n) is 7.50. The lowest BCUT2D eigenvalue weighted by molar-refractivity contribution is 0.269. The molecule has 0 fully saturated rings. The topological polar surface area (TPSA) is 84.5 Å². The molecule has 0 bridgehead atoms. The summed E-state index contributed by atoms with van der Waals surface area (Å²) in [4.78, 5) is 27.0. The zero-order valence-corrected chi connectivity index (χ0v) is 26.9. The largest absolute Gasteiger partial charge is 0.494 e. The first-order chi connectivity index (χ1) is 18.5. The summed E-state index contributed by atoms with van der Waals surface area (Å²) < 4.78 is 3.13. The SMILES string of the molecule is CC(C)(CCSCCCSCCC(C)(C)Cn1c(O)c2c(cc1=O)SCC2)Cn1c(O)c2c(cc1=O)SCC2. The van der Waals surface area contributed by atoms with Crippen molar-refractivity contribution < 1.29 is 10.2 Å². The van der Waals surface area contributed by atoms with Crippen molar-refractivity contribution >= 4 is 47.0 Å². The number of rotatable bonds is 14. The van der Waals surface area contributed by atoms with Gasteiger partial charge in [-0.3, -0.25) is 18.7 Å². The molecule has 0 amide bonds. The number of aromatic hydroxyl groups is 2. The summed E-state index contributed by atoms with van der Waals surface area (Å²) in [5.41, 5.74) is 1.53. The maximum atomic E-state index is 12.6. The Bertz CT molecular complexity index is 1190. The predicted octanol–water partition coefficient (Wildman–Crippen LogP) is 6.11. The highest BCUT2D eigenvalue weighted by molar-refractivity contribution is 8.00. The van der Waals surface area contributed by atoms with Crippen LogP contribution in [0.15, 0.2) is 31.5 Å². The van der Waals surface area contributed by atoms with Crippen molar-refractivity contribution in [2.75, 3.05) is 34.5 Å². The van der Waals surface area contributed by atoms with Gasteiger partial charge in [-0.05, 0) is 65.9 Å². The Morgan fingerprint density at radius 1 is 0.744 bits per heavy atom. The first-order valence-corrected chi connectivity index (χ1v) is 18.1. The Balaban J connectivity index is 1.12. The van der Waals surface area contributed by atoms with E-state index in [4.69, 9.17) is 0 Å². The highest BCUT2D eigenvalue weighted by Crippen LogP contribution is 2.38. The Morgan fingerprint density at radius 3 is 1.56 bits per heavy atom. The molecule has 2 aromatic heterocycles. The molecule has 2 aliphatic heterocycles. The fourth-order valence-electron chi connectivity index (χ4n) is 5.05. The van der Waals surface area contributed by atoms with Gasteiger partial charge in [-0.15, -0.1) is 23.5 Å². The molecule has 2 aromatic rings. The van der Waals surface area contributed by atoms with E-state index in [1.54, 1.807) is 44.8 Å². The maximum absolute atomic E-state index is 12.6. The van der Waals surface area contributed by atoms with Crippen LogP contribution in [0.2, 0.25) is 0 Å². The Kier molecular flexibility index (Phi) is 10.5. The molecule has 0 atom stereocenters. The van der Waals surface area contributed by atoms with Gasteiger partial charge in [0.25, 0.3) is 11.1 Å². The molecule has 0 spiro atoms. The van der Waals surface area contributed by atoms with Gasteiger partial charge in [0.2, 0.25) is 0 Å². The second-order valence-electron chi connectivity index (χ2n) is 12.1. The minimum atomic E-state index is -0.100. The van der Waals surface area contributed by atoms with Crippen molar-refractivity contribution in [3.05, 3.63) is 44.0 Å². The van der Waals surface area contributed by atoms with Crippen LogP contribution >= 0.6 is 47.0 Å². The number of thioether (sulfide) groups is 4. The molecule has 0 unspecified atom stereocenters. The molecule has 4 rings (SSSR count). The van der Waals surface area contributed by atoms with Crippen LogP contribution in [0.25, 0.3) is 0 Å². The fourth-order valence-corrected chi connectivity index (χ4v) is 9.88. The lowest BCUT2D eigenvalue weighted by Crippen LogP contribution is -2.29. The molecule has 6 nitrogen and oxygen atoms in total. The summed E-state index contributed by atoms with van der Waals surface area (Å²) in [5, 5.41) is 21.3. The van der Waals surface area contributed by atoms with Gasteiger partial charge in [-0.25, -0.2) is 0 Å². The monoisotopic (exact) mass is 610 g/mol. The van der Waals surface area contributed by atoms with Crippen LogP contribution in [0.3, 0.4) is 0 Å². The van der Waals surface area contributed by atoms with Gasteiger partial charge < -0.3 is 10.2 Å². The third-order valence-corrected chi connectivity index (χ3v) is 11.8. The summed E-state index contributed by atoms with van der Waals surface area (Å²) in [5.74, 6) is 6.51. The molecule has 0 aliphatic carbocycles. The Labute approximate surface area is 249 Å². The molecule has 0 saturated carbocycles. The molecular formula is C29H42N2O4S4. The Morgan fingerprint density at radius 2 is 1.15 bits per heavy atom. The van der Waals surface area contributed by atoms with Crippen molar-refractivity contribution in [1.82, 2.24) is 9.13 Å². The molecule has 0 aromatic carbocycles. The van der Waals surface area contributed by atoms with Crippen LogP contribution in [-0.2, 0) is 25.9 Å². The predicted molar refractivity (Wildman–Crippen MR) is 170 cm³/mol. The number of pyridine rings is 2. The van der Waals surface area contributed by atoms with Crippen LogP contribution in [0, 0.1) is 10.8 Å². The van der Waals surface area contributed by atoms with E-state index in [0.29, 0.717) is 13.1 Å². The van der Waals surface area contributed by atoms with E-state index >= 15 is 0 Å². The van der Waals surface area contributed by atoms with Crippen LogP contribution in [0.1, 0.15) is 58.1 Å². The molecule has 39 heavy (non-hydrogen) atoms. The number of hydrogen-bond acceptors (Lipinski definition) is 8. The molecule has 10 heteroatoms. The highest BCUT2D eigenvalue weighted by atomic mass is 32.2. The minimum absolute atomic E-state index is 0.0668. The summed E-state index contributed by atoms with van der Waals surface area (Å²) in [6.45, 7) is 9.78. The van der Waals surface area contributed by atoms with Gasteiger partial charge in [0, 0.05) is 57.6 Å². The van der Waals surface area contributed by atoms with Crippen molar-refractivity contribution in [2.45, 2.75) is 82.7 Å². The number of hydrogen-bond donors (Lipinski definition) is 2. The molecule has 216 valence electrons. The lowest BCUT2D eigenvalue weighted by Gasteiger charge is -2.26. The second kappa shape index (κ2) is 13.3. The maximum Gasteiger partial charge on any atom is 0.254 e. The van der Waals surface area contributed by atoms with Crippen LogP contribution in [0.4, 0.5) is 0 Å². The van der Waals surface area contributed by atoms with Gasteiger partial charge >= 0.3 is 0 Å². The van der Waals surface area contributed by atoms with E-state index in [-0.39, 0.29) is 33.7 Å². The van der Waals surface area contributed by atoms with Gasteiger partial charge in [0.05, 0.1) is 0 Å². The number of nitrogens with zero attached hydrogens (tertiary/aromatic N) is 2. The third kappa shape index (κ3) is 8.01. The first kappa shape index (κ1) is 30.8. The molecule has 2 N–H and O–H groups in total. The normalized spacial score (nSPS) is 15.1. The quantitative estimate of drug-likeness (QED) is 0.248. The van der Waals surface area contributed by atoms with Crippen LogP contribution in [0.5, 0.6) is 11.8 Å². The summed E-state index contributed by atoms with van der Waals surface area (Å²) in [7, 11) is 0. The van der Waals surface area contributed by atoms with Gasteiger partial charge in [0.15, 0.2) is 11.8 Å². The van der Waals surface area contributed by atoms with Crippen LogP contribution < -0.4 is 11.1 Å². The van der Waals surface area contributed by atoms with Crippen molar-refractivity contribution in [3.8, 4) is 11.8 Å². The summed E-state index contributed by atoms with van der Waals surface area (Å²) in [6, 6.07) is 3.37. The fraction of sp³-hybridized carbons (Fsp3) is 0.655. The summed E-state index contributed by atoms with van der Waals surface area (Å²) >= 11 is 7.24. The van der Waals surface area contributed by atoms with Gasteiger partial charge in [0.1, 0.15) is 0 Å². The average molecular weight is 611 g/mol. The van der Waals surface area contributed by atoms with E-state index in [9.17, 15) is 19.8 Å². The second-order valence-corrected chi connectivity index (χ2v) is 16.8. The van der Waals surface area contributed by atoms with E-state index in [1.165, 1.54) is 0 Å². The van der Waals surface area contributed by atoms with E-state index < -0.39 is 0 Å². The van der Waals surface area contributed by atoms with Crippen LogP contribution in [-0.4, -0.2) is 53.9 Å². The Hall–Kier alpha value is -1.10. The van der Waals surface area contributed by atoms with E-state index in [0.717, 1.165) is 87.5 Å². The average Bonchev–Trinajstić information content (AvgIpc) is 3.53. The molecule has 0 radical (unpaired) electrons. The molecule has 2 aliphatic rings. The number of aromatic nitrogens is 2. The smallest absolute Gasteiger partial charge is 0.254 e. The first-order valence-electron chi connectivity index (χ1n) is 13.8. The standard InChI is InChI=1S/C29H42N2O4S4/c1-28(2,18-30-24(32)16-22-20(26(30)34)6-12-38-22)8-14-36-10-5-11-37-15-9-29(3,4)19-31-25(33)17-23-21(27(31)35)7-13-39-23/h16-17,34-35H,5-15,18-19H2,1-4H3. The lowest BCUT2D eigenvalue weighted by atomic mass is 9.90. The molecular weight excluding hydrogens is 569 g/mol. The minimum Gasteiger partial charge on any atom is -0.494 e. The van der Waals surface area contributed by atoms with Gasteiger partial charge in [-0.2, -0.15) is 23.5 Å². The van der Waals surface area contributed by atoms with Gasteiger partial charge in [-0.1, -0.05) is 27.7 Å². The highest BCUT2D eigenvalue weighted by Gasteiger charge is 2.26. The summed E-state index contributed by atoms with van der Waals surface area (Å²) in [6.07, 6.45) is 4.79. The van der Waals surface area contributed by atoms with Crippen molar-refractivity contribution in [1.29, 1.82) is 0 Å². The zero-order valence-electron chi connectivity index (χ0n) is 23.6.